The van der Waals surface area contributed by atoms with Gasteiger partial charge >= 0.3 is 0 Å². The molecule has 0 aromatic heterocycles. The third-order valence-corrected chi connectivity index (χ3v) is 3.99. The van der Waals surface area contributed by atoms with Crippen molar-refractivity contribution in [2.75, 3.05) is 7.05 Å². The minimum absolute atomic E-state index is 0.0890. The van der Waals surface area contributed by atoms with Gasteiger partial charge in [0.05, 0.1) is 6.04 Å². The molecule has 0 aliphatic carbocycles. The van der Waals surface area contributed by atoms with Crippen molar-refractivity contribution < 1.29 is 9.59 Å². The summed E-state index contributed by atoms with van der Waals surface area (Å²) in [5.74, 6) is -0.218. The van der Waals surface area contributed by atoms with Gasteiger partial charge in [-0.05, 0) is 38.3 Å². The van der Waals surface area contributed by atoms with E-state index in [0.717, 1.165) is 0 Å². The summed E-state index contributed by atoms with van der Waals surface area (Å²) in [5, 5.41) is 3.35. The molecule has 20 heavy (non-hydrogen) atoms. The number of aryl methyl sites for hydroxylation is 2. The molecule has 0 saturated carbocycles. The molecule has 1 aromatic carbocycles. The van der Waals surface area contributed by atoms with Gasteiger partial charge in [0.2, 0.25) is 11.8 Å². The molecule has 1 N–H and O–H groups in total. The molecule has 2 atom stereocenters. The van der Waals surface area contributed by atoms with Crippen LogP contribution in [-0.2, 0) is 9.59 Å². The second kappa shape index (κ2) is 5.75. The Morgan fingerprint density at radius 2 is 2.00 bits per heavy atom. The standard InChI is InChI=1S/C16H22N2O2/c1-10-5-6-13(11(2)9-10)12(3)17-14-7-8-15(19)18(4)16(14)20/h5-6,9,12,14,17H,7-8H2,1-4H3. The molecule has 108 valence electrons. The Hall–Kier alpha value is -1.68. The summed E-state index contributed by atoms with van der Waals surface area (Å²) in [6.45, 7) is 6.21. The Kier molecular flexibility index (Phi) is 4.23. The van der Waals surface area contributed by atoms with Gasteiger partial charge < -0.3 is 0 Å². The van der Waals surface area contributed by atoms with Crippen molar-refractivity contribution in [3.63, 3.8) is 0 Å². The first-order chi connectivity index (χ1) is 9.40. The van der Waals surface area contributed by atoms with Crippen LogP contribution in [0.4, 0.5) is 0 Å². The van der Waals surface area contributed by atoms with Crippen LogP contribution in [0.15, 0.2) is 18.2 Å². The largest absolute Gasteiger partial charge is 0.299 e. The summed E-state index contributed by atoms with van der Waals surface area (Å²) < 4.78 is 0. The molecule has 1 aliphatic heterocycles. The van der Waals surface area contributed by atoms with Gasteiger partial charge in [-0.2, -0.15) is 0 Å². The van der Waals surface area contributed by atoms with Gasteiger partial charge in [0.25, 0.3) is 0 Å². The Bertz CT molecular complexity index is 539. The average molecular weight is 274 g/mol. The molecule has 2 amide bonds. The smallest absolute Gasteiger partial charge is 0.246 e. The maximum atomic E-state index is 12.1. The van der Waals surface area contributed by atoms with Crippen LogP contribution in [0.1, 0.15) is 42.5 Å². The molecular weight excluding hydrogens is 252 g/mol. The molecular formula is C16H22N2O2. The van der Waals surface area contributed by atoms with Gasteiger partial charge in [-0.1, -0.05) is 23.8 Å². The summed E-state index contributed by atoms with van der Waals surface area (Å²) in [6, 6.07) is 6.15. The number of carbonyl (C=O) groups is 2. The van der Waals surface area contributed by atoms with E-state index in [4.69, 9.17) is 0 Å². The fraction of sp³-hybridized carbons (Fsp3) is 0.500. The molecule has 2 rings (SSSR count). The molecule has 1 aliphatic rings. The van der Waals surface area contributed by atoms with Gasteiger partial charge in [0, 0.05) is 19.5 Å². The number of hydrogen-bond acceptors (Lipinski definition) is 3. The van der Waals surface area contributed by atoms with Crippen molar-refractivity contribution >= 4 is 11.8 Å². The van der Waals surface area contributed by atoms with Crippen LogP contribution in [0, 0.1) is 13.8 Å². The lowest BCUT2D eigenvalue weighted by Crippen LogP contribution is -2.51. The van der Waals surface area contributed by atoms with Crippen molar-refractivity contribution in [3.05, 3.63) is 34.9 Å². The van der Waals surface area contributed by atoms with Crippen molar-refractivity contribution in [2.24, 2.45) is 0 Å². The third kappa shape index (κ3) is 2.90. The molecule has 1 saturated heterocycles. The molecule has 0 bridgehead atoms. The third-order valence-electron chi connectivity index (χ3n) is 3.99. The molecule has 0 spiro atoms. The lowest BCUT2D eigenvalue weighted by molar-refractivity contribution is -0.148. The Balaban J connectivity index is 2.09. The number of imide groups is 1. The SMILES string of the molecule is Cc1ccc(C(C)NC2CCC(=O)N(C)C2=O)c(C)c1. The van der Waals surface area contributed by atoms with Gasteiger partial charge in [-0.15, -0.1) is 0 Å². The van der Waals surface area contributed by atoms with E-state index >= 15 is 0 Å². The zero-order valence-corrected chi connectivity index (χ0v) is 12.6. The van der Waals surface area contributed by atoms with Crippen molar-refractivity contribution in [1.29, 1.82) is 0 Å². The summed E-state index contributed by atoms with van der Waals surface area (Å²) in [6.07, 6.45) is 1.01. The van der Waals surface area contributed by atoms with Crippen LogP contribution in [0.5, 0.6) is 0 Å². The maximum Gasteiger partial charge on any atom is 0.246 e. The van der Waals surface area contributed by atoms with E-state index < -0.39 is 0 Å². The Morgan fingerprint density at radius 3 is 2.65 bits per heavy atom. The average Bonchev–Trinajstić information content (AvgIpc) is 2.39. The highest BCUT2D eigenvalue weighted by molar-refractivity contribution is 6.00. The Morgan fingerprint density at radius 1 is 1.30 bits per heavy atom. The van der Waals surface area contributed by atoms with Crippen molar-refractivity contribution in [2.45, 2.75) is 45.7 Å². The lowest BCUT2D eigenvalue weighted by atomic mass is 9.97. The quantitative estimate of drug-likeness (QED) is 0.859. The van der Waals surface area contributed by atoms with E-state index in [0.29, 0.717) is 12.8 Å². The summed E-state index contributed by atoms with van der Waals surface area (Å²) in [4.78, 5) is 24.8. The van der Waals surface area contributed by atoms with Crippen LogP contribution >= 0.6 is 0 Å². The normalized spacial score (nSPS) is 21.2. The van der Waals surface area contributed by atoms with Gasteiger partial charge in [-0.3, -0.25) is 19.8 Å². The minimum Gasteiger partial charge on any atom is -0.299 e. The number of hydrogen-bond donors (Lipinski definition) is 1. The van der Waals surface area contributed by atoms with Crippen molar-refractivity contribution in [1.82, 2.24) is 10.2 Å². The first-order valence-electron chi connectivity index (χ1n) is 7.03. The molecule has 4 nitrogen and oxygen atoms in total. The summed E-state index contributed by atoms with van der Waals surface area (Å²) >= 11 is 0. The summed E-state index contributed by atoms with van der Waals surface area (Å²) in [5.41, 5.74) is 3.65. The second-order valence-electron chi connectivity index (χ2n) is 5.63. The van der Waals surface area contributed by atoms with Crippen LogP contribution in [0.3, 0.4) is 0 Å². The van der Waals surface area contributed by atoms with Crippen LogP contribution in [0.2, 0.25) is 0 Å². The van der Waals surface area contributed by atoms with E-state index in [9.17, 15) is 9.59 Å². The van der Waals surface area contributed by atoms with E-state index in [2.05, 4.69) is 44.3 Å². The highest BCUT2D eigenvalue weighted by atomic mass is 16.2. The zero-order valence-electron chi connectivity index (χ0n) is 12.6. The van der Waals surface area contributed by atoms with Crippen molar-refractivity contribution in [3.8, 4) is 0 Å². The summed E-state index contributed by atoms with van der Waals surface area (Å²) in [7, 11) is 1.56. The first kappa shape index (κ1) is 14.7. The number of piperidine rings is 1. The number of benzene rings is 1. The Labute approximate surface area is 120 Å². The number of likely N-dealkylation sites (tertiary alicyclic amines) is 1. The lowest BCUT2D eigenvalue weighted by Gasteiger charge is -2.31. The number of rotatable bonds is 3. The van der Waals surface area contributed by atoms with E-state index in [1.165, 1.54) is 21.6 Å². The van der Waals surface area contributed by atoms with Crippen LogP contribution in [0.25, 0.3) is 0 Å². The number of nitrogens with one attached hydrogen (secondary N) is 1. The minimum atomic E-state index is -0.270. The fourth-order valence-electron chi connectivity index (χ4n) is 2.77. The molecule has 1 heterocycles. The number of nitrogens with zero attached hydrogens (tertiary/aromatic N) is 1. The number of likely N-dealkylation sites (N-methyl/N-ethyl adjacent to an activating group) is 1. The monoisotopic (exact) mass is 274 g/mol. The molecule has 0 radical (unpaired) electrons. The molecule has 4 heteroatoms. The maximum absolute atomic E-state index is 12.1. The fourth-order valence-corrected chi connectivity index (χ4v) is 2.77. The zero-order chi connectivity index (χ0) is 14.9. The number of amides is 2. The molecule has 1 fully saturated rings. The van der Waals surface area contributed by atoms with Gasteiger partial charge in [0.1, 0.15) is 0 Å². The van der Waals surface area contributed by atoms with Crippen LogP contribution in [-0.4, -0.2) is 29.8 Å². The van der Waals surface area contributed by atoms with E-state index in [1.54, 1.807) is 7.05 Å². The second-order valence-corrected chi connectivity index (χ2v) is 5.63. The van der Waals surface area contributed by atoms with E-state index in [1.807, 2.05) is 0 Å². The highest BCUT2D eigenvalue weighted by Crippen LogP contribution is 2.21. The molecule has 2 unspecified atom stereocenters. The topological polar surface area (TPSA) is 49.4 Å². The molecule has 1 aromatic rings. The van der Waals surface area contributed by atoms with E-state index in [-0.39, 0.29) is 23.9 Å². The van der Waals surface area contributed by atoms with Gasteiger partial charge in [0.15, 0.2) is 0 Å². The predicted octanol–water partition coefficient (Wildman–Crippen LogP) is 2.10. The predicted molar refractivity (Wildman–Crippen MR) is 78.3 cm³/mol. The highest BCUT2D eigenvalue weighted by Gasteiger charge is 2.32. The number of carbonyl (C=O) groups excluding carboxylic acids is 2. The van der Waals surface area contributed by atoms with Crippen LogP contribution < -0.4 is 5.32 Å². The first-order valence-corrected chi connectivity index (χ1v) is 7.03. The van der Waals surface area contributed by atoms with Gasteiger partial charge in [-0.25, -0.2) is 0 Å².